The SMILES string of the molecule is COc1cccc2c([C@@H]3CN(CCCNCc4nc5c(F)cccc5[nH]4)C(=O)O3)ccnc12. The van der Waals surface area contributed by atoms with Crippen molar-refractivity contribution in [1.82, 2.24) is 25.2 Å². The van der Waals surface area contributed by atoms with Crippen LogP contribution in [0, 0.1) is 5.82 Å². The van der Waals surface area contributed by atoms with Gasteiger partial charge in [-0.05, 0) is 37.2 Å². The molecule has 5 rings (SSSR count). The summed E-state index contributed by atoms with van der Waals surface area (Å²) in [6.07, 6.45) is 1.79. The first-order valence-electron chi connectivity index (χ1n) is 10.8. The fraction of sp³-hybridized carbons (Fsp3) is 0.292. The van der Waals surface area contributed by atoms with Crippen LogP contribution in [0.15, 0.2) is 48.7 Å². The Morgan fingerprint density at radius 2 is 2.12 bits per heavy atom. The first-order valence-corrected chi connectivity index (χ1v) is 10.8. The van der Waals surface area contributed by atoms with E-state index < -0.39 is 0 Å². The van der Waals surface area contributed by atoms with Crippen LogP contribution in [0.1, 0.15) is 23.9 Å². The number of cyclic esters (lactones) is 1. The second kappa shape index (κ2) is 9.03. The molecule has 4 aromatic rings. The van der Waals surface area contributed by atoms with Gasteiger partial charge < -0.3 is 24.7 Å². The maximum Gasteiger partial charge on any atom is 0.410 e. The minimum Gasteiger partial charge on any atom is -0.494 e. The number of halogens is 1. The molecule has 3 heterocycles. The summed E-state index contributed by atoms with van der Waals surface area (Å²) < 4.78 is 24.8. The highest BCUT2D eigenvalue weighted by atomic mass is 19.1. The monoisotopic (exact) mass is 449 g/mol. The molecule has 0 saturated carbocycles. The Hall–Kier alpha value is -3.72. The summed E-state index contributed by atoms with van der Waals surface area (Å²) in [5.74, 6) is 1.03. The van der Waals surface area contributed by atoms with Crippen molar-refractivity contribution in [1.29, 1.82) is 0 Å². The van der Waals surface area contributed by atoms with E-state index in [9.17, 15) is 9.18 Å². The van der Waals surface area contributed by atoms with E-state index in [0.29, 0.717) is 48.8 Å². The third kappa shape index (κ3) is 4.19. The van der Waals surface area contributed by atoms with Gasteiger partial charge in [0.25, 0.3) is 0 Å². The van der Waals surface area contributed by atoms with Crippen molar-refractivity contribution >= 4 is 28.0 Å². The molecular formula is C24H24FN5O3. The number of hydrogen-bond acceptors (Lipinski definition) is 6. The van der Waals surface area contributed by atoms with E-state index in [4.69, 9.17) is 9.47 Å². The van der Waals surface area contributed by atoms with Crippen molar-refractivity contribution in [3.63, 3.8) is 0 Å². The molecule has 170 valence electrons. The molecule has 1 aliphatic rings. The summed E-state index contributed by atoms with van der Waals surface area (Å²) >= 11 is 0. The molecule has 2 aromatic carbocycles. The number of benzene rings is 2. The normalized spacial score (nSPS) is 16.0. The van der Waals surface area contributed by atoms with Crippen LogP contribution in [0.3, 0.4) is 0 Å². The van der Waals surface area contributed by atoms with Crippen LogP contribution < -0.4 is 10.1 Å². The molecule has 9 heteroatoms. The second-order valence-electron chi connectivity index (χ2n) is 7.92. The van der Waals surface area contributed by atoms with Gasteiger partial charge in [-0.2, -0.15) is 0 Å². The highest BCUT2D eigenvalue weighted by molar-refractivity contribution is 5.88. The first kappa shape index (κ1) is 21.1. The van der Waals surface area contributed by atoms with E-state index in [1.54, 1.807) is 30.3 Å². The summed E-state index contributed by atoms with van der Waals surface area (Å²) in [6.45, 7) is 2.23. The van der Waals surface area contributed by atoms with Gasteiger partial charge in [-0.25, -0.2) is 14.2 Å². The number of H-pyrrole nitrogens is 1. The van der Waals surface area contributed by atoms with Crippen molar-refractivity contribution in [2.75, 3.05) is 26.7 Å². The zero-order valence-corrected chi connectivity index (χ0v) is 18.2. The van der Waals surface area contributed by atoms with Crippen LogP contribution in [0.25, 0.3) is 21.9 Å². The van der Waals surface area contributed by atoms with Gasteiger partial charge in [0, 0.05) is 23.7 Å². The number of para-hydroxylation sites is 2. The number of rotatable bonds is 8. The van der Waals surface area contributed by atoms with Crippen molar-refractivity contribution in [3.8, 4) is 5.75 Å². The number of methoxy groups -OCH3 is 1. The van der Waals surface area contributed by atoms with Gasteiger partial charge in [0.15, 0.2) is 5.82 Å². The average Bonchev–Trinajstić information content (AvgIpc) is 3.42. The molecule has 0 spiro atoms. The summed E-state index contributed by atoms with van der Waals surface area (Å²) in [7, 11) is 1.61. The fourth-order valence-electron chi connectivity index (χ4n) is 4.20. The van der Waals surface area contributed by atoms with E-state index in [1.165, 1.54) is 6.07 Å². The van der Waals surface area contributed by atoms with Crippen molar-refractivity contribution in [3.05, 3.63) is 65.9 Å². The molecular weight excluding hydrogens is 425 g/mol. The second-order valence-corrected chi connectivity index (χ2v) is 7.92. The molecule has 2 aromatic heterocycles. The Kier molecular flexibility index (Phi) is 5.78. The van der Waals surface area contributed by atoms with E-state index in [-0.39, 0.29) is 18.0 Å². The number of pyridine rings is 1. The number of aromatic amines is 1. The standard InChI is InChI=1S/C24H24FN5O3/c1-32-19-8-2-5-16-15(9-11-27-22(16)19)20-14-30(24(31)33-20)12-4-10-26-13-21-28-18-7-3-6-17(25)23(18)29-21/h2-3,5-9,11,20,26H,4,10,12-14H2,1H3,(H,28,29)/t20-/m0/s1. The lowest BCUT2D eigenvalue weighted by Gasteiger charge is -2.14. The van der Waals surface area contributed by atoms with E-state index in [2.05, 4.69) is 20.3 Å². The molecule has 33 heavy (non-hydrogen) atoms. The molecule has 0 radical (unpaired) electrons. The maximum atomic E-state index is 13.8. The topological polar surface area (TPSA) is 92.4 Å². The van der Waals surface area contributed by atoms with Gasteiger partial charge in [-0.3, -0.25) is 4.98 Å². The van der Waals surface area contributed by atoms with Gasteiger partial charge in [-0.15, -0.1) is 0 Å². The quantitative estimate of drug-likeness (QED) is 0.396. The van der Waals surface area contributed by atoms with Gasteiger partial charge in [0.2, 0.25) is 0 Å². The van der Waals surface area contributed by atoms with E-state index in [0.717, 1.165) is 22.9 Å². The fourth-order valence-corrected chi connectivity index (χ4v) is 4.20. The minimum atomic E-state index is -0.353. The van der Waals surface area contributed by atoms with Crippen LogP contribution in [0.5, 0.6) is 5.75 Å². The molecule has 0 bridgehead atoms. The van der Waals surface area contributed by atoms with Crippen LogP contribution >= 0.6 is 0 Å². The Morgan fingerprint density at radius 3 is 2.97 bits per heavy atom. The van der Waals surface area contributed by atoms with Crippen LogP contribution in [-0.4, -0.2) is 52.7 Å². The molecule has 2 N–H and O–H groups in total. The molecule has 1 saturated heterocycles. The lowest BCUT2D eigenvalue weighted by atomic mass is 10.0. The van der Waals surface area contributed by atoms with Crippen LogP contribution in [0.4, 0.5) is 9.18 Å². The zero-order valence-electron chi connectivity index (χ0n) is 18.2. The lowest BCUT2D eigenvalue weighted by molar-refractivity contribution is 0.133. The zero-order chi connectivity index (χ0) is 22.8. The smallest absolute Gasteiger partial charge is 0.410 e. The number of fused-ring (bicyclic) bond motifs is 2. The lowest BCUT2D eigenvalue weighted by Crippen LogP contribution is -2.28. The molecule has 1 fully saturated rings. The Morgan fingerprint density at radius 1 is 1.24 bits per heavy atom. The third-order valence-corrected chi connectivity index (χ3v) is 5.81. The number of carbonyl (C=O) groups excluding carboxylic acids is 1. The molecule has 0 aliphatic carbocycles. The number of carbonyl (C=O) groups is 1. The minimum absolute atomic E-state index is 0.319. The van der Waals surface area contributed by atoms with Crippen LogP contribution in [-0.2, 0) is 11.3 Å². The number of nitrogens with one attached hydrogen (secondary N) is 2. The van der Waals surface area contributed by atoms with Crippen molar-refractivity contribution in [2.45, 2.75) is 19.1 Å². The van der Waals surface area contributed by atoms with Gasteiger partial charge in [-0.1, -0.05) is 18.2 Å². The largest absolute Gasteiger partial charge is 0.494 e. The molecule has 8 nitrogen and oxygen atoms in total. The number of hydrogen-bond donors (Lipinski definition) is 2. The molecule has 1 aliphatic heterocycles. The summed E-state index contributed by atoms with van der Waals surface area (Å²) in [5, 5.41) is 4.20. The predicted octanol–water partition coefficient (Wildman–Crippen LogP) is 3.93. The van der Waals surface area contributed by atoms with Gasteiger partial charge in [0.05, 0.1) is 25.7 Å². The summed E-state index contributed by atoms with van der Waals surface area (Å²) in [4.78, 5) is 26.0. The molecule has 1 amide bonds. The first-order chi connectivity index (χ1) is 16.1. The Balaban J connectivity index is 1.15. The van der Waals surface area contributed by atoms with Crippen molar-refractivity contribution < 1.29 is 18.7 Å². The molecule has 0 unspecified atom stereocenters. The Bertz CT molecular complexity index is 1310. The third-order valence-electron chi connectivity index (χ3n) is 5.81. The summed E-state index contributed by atoms with van der Waals surface area (Å²) in [6, 6.07) is 12.5. The average molecular weight is 449 g/mol. The highest BCUT2D eigenvalue weighted by Gasteiger charge is 2.33. The highest BCUT2D eigenvalue weighted by Crippen LogP contribution is 2.33. The number of amides is 1. The van der Waals surface area contributed by atoms with E-state index >= 15 is 0 Å². The predicted molar refractivity (Wildman–Crippen MR) is 121 cm³/mol. The number of aromatic nitrogens is 3. The van der Waals surface area contributed by atoms with Gasteiger partial charge in [0.1, 0.15) is 28.7 Å². The number of imidazole rings is 1. The van der Waals surface area contributed by atoms with Gasteiger partial charge >= 0.3 is 6.09 Å². The maximum absolute atomic E-state index is 13.8. The number of nitrogens with zero attached hydrogens (tertiary/aromatic N) is 3. The Labute approximate surface area is 189 Å². The van der Waals surface area contributed by atoms with Crippen LogP contribution in [0.2, 0.25) is 0 Å². The van der Waals surface area contributed by atoms with E-state index in [1.807, 2.05) is 24.3 Å². The summed E-state index contributed by atoms with van der Waals surface area (Å²) in [5.41, 5.74) is 2.70. The van der Waals surface area contributed by atoms with Crippen molar-refractivity contribution in [2.24, 2.45) is 0 Å². The number of ether oxygens (including phenoxy) is 2. The molecule has 1 atom stereocenters.